The SMILES string of the molecule is C=CC(=O)N1CCN2c3c(c(=O)n(-c4c(C)ccnc4C4CC4)c4nc(-c5c(O)cccc5F)c(Cl)cc34)NC(=O)[C@H]2C1. The molecule has 10 nitrogen and oxygen atoms in total. The van der Waals surface area contributed by atoms with E-state index in [1.165, 1.54) is 33.7 Å². The summed E-state index contributed by atoms with van der Waals surface area (Å²) in [5, 5.41) is 13.9. The van der Waals surface area contributed by atoms with E-state index in [-0.39, 0.29) is 58.3 Å². The minimum atomic E-state index is -0.778. The molecule has 218 valence electrons. The van der Waals surface area contributed by atoms with Crippen LogP contribution < -0.4 is 15.8 Å². The Morgan fingerprint density at radius 1 is 1.21 bits per heavy atom. The van der Waals surface area contributed by atoms with Gasteiger partial charge in [-0.1, -0.05) is 24.2 Å². The van der Waals surface area contributed by atoms with Gasteiger partial charge in [-0.25, -0.2) is 9.37 Å². The number of nitrogens with one attached hydrogen (secondary N) is 1. The molecule has 43 heavy (non-hydrogen) atoms. The van der Waals surface area contributed by atoms with Gasteiger partial charge in [0.25, 0.3) is 5.56 Å². The molecule has 1 saturated heterocycles. The molecule has 0 radical (unpaired) electrons. The van der Waals surface area contributed by atoms with Crippen LogP contribution >= 0.6 is 11.6 Å². The number of hydrogen-bond donors (Lipinski definition) is 2. The Balaban J connectivity index is 1.56. The first-order valence-corrected chi connectivity index (χ1v) is 14.3. The summed E-state index contributed by atoms with van der Waals surface area (Å²) in [5.74, 6) is -1.64. The van der Waals surface area contributed by atoms with Gasteiger partial charge in [-0.15, -0.1) is 0 Å². The highest BCUT2D eigenvalue weighted by molar-refractivity contribution is 6.34. The molecule has 3 aromatic heterocycles. The van der Waals surface area contributed by atoms with Crippen LogP contribution in [0.25, 0.3) is 28.0 Å². The van der Waals surface area contributed by atoms with Crippen molar-refractivity contribution in [2.45, 2.75) is 31.7 Å². The Kier molecular flexibility index (Phi) is 6.24. The number of carbonyl (C=O) groups is 2. The third-order valence-corrected chi connectivity index (χ3v) is 8.64. The van der Waals surface area contributed by atoms with E-state index in [0.29, 0.717) is 23.3 Å². The summed E-state index contributed by atoms with van der Waals surface area (Å²) in [6.07, 6.45) is 4.73. The first-order chi connectivity index (χ1) is 20.7. The van der Waals surface area contributed by atoms with Gasteiger partial charge in [0.15, 0.2) is 5.65 Å². The number of fused-ring (bicyclic) bond motifs is 5. The first-order valence-electron chi connectivity index (χ1n) is 13.9. The molecule has 1 aliphatic carbocycles. The predicted octanol–water partition coefficient (Wildman–Crippen LogP) is 4.29. The zero-order chi connectivity index (χ0) is 30.2. The predicted molar refractivity (Wildman–Crippen MR) is 160 cm³/mol. The van der Waals surface area contributed by atoms with Crippen LogP contribution in [0.2, 0.25) is 5.02 Å². The third-order valence-electron chi connectivity index (χ3n) is 8.35. The Hall–Kier alpha value is -4.77. The number of carbonyl (C=O) groups excluding carboxylic acids is 2. The second kappa shape index (κ2) is 9.91. The van der Waals surface area contributed by atoms with Crippen molar-refractivity contribution in [2.75, 3.05) is 29.9 Å². The van der Waals surface area contributed by atoms with Crippen molar-refractivity contribution < 1.29 is 19.1 Å². The van der Waals surface area contributed by atoms with Gasteiger partial charge < -0.3 is 20.2 Å². The lowest BCUT2D eigenvalue weighted by Crippen LogP contribution is -2.61. The number of aromatic hydroxyl groups is 1. The molecule has 4 aromatic rings. The lowest BCUT2D eigenvalue weighted by Gasteiger charge is -2.45. The Labute approximate surface area is 250 Å². The van der Waals surface area contributed by atoms with Crippen molar-refractivity contribution in [1.29, 1.82) is 0 Å². The molecule has 2 aliphatic heterocycles. The fourth-order valence-electron chi connectivity index (χ4n) is 6.14. The molecule has 0 spiro atoms. The number of benzene rings is 1. The Morgan fingerprint density at radius 3 is 2.72 bits per heavy atom. The van der Waals surface area contributed by atoms with E-state index in [1.54, 1.807) is 23.2 Å². The number of amides is 2. The molecular formula is C31H26ClFN6O4. The van der Waals surface area contributed by atoms with Crippen LogP contribution in [0.3, 0.4) is 0 Å². The molecule has 2 N–H and O–H groups in total. The number of piperazine rings is 1. The highest BCUT2D eigenvalue weighted by Gasteiger charge is 2.42. The average Bonchev–Trinajstić information content (AvgIpc) is 3.84. The number of halogens is 2. The topological polar surface area (TPSA) is 121 Å². The third kappa shape index (κ3) is 4.17. The maximum atomic E-state index is 15.1. The number of rotatable bonds is 4. The van der Waals surface area contributed by atoms with Gasteiger partial charge in [0.2, 0.25) is 11.8 Å². The lowest BCUT2D eigenvalue weighted by molar-refractivity contribution is -0.128. The average molecular weight is 601 g/mol. The quantitative estimate of drug-likeness (QED) is 0.335. The van der Waals surface area contributed by atoms with Gasteiger partial charge in [-0.3, -0.25) is 23.9 Å². The standard InChI is InChI=1S/C31H26ClFN6O4/c1-3-22(41)37-11-12-38-20(14-37)30(42)36-26-28(38)17-13-18(32)25(23-19(33)5-4-6-21(23)40)35-29(17)39(31(26)43)27-15(2)9-10-34-24(27)16-7-8-16/h3-6,9-10,13,16,20,40H,1,7-8,11-12,14H2,2H3,(H,36,42)/t20-/m1/s1. The zero-order valence-electron chi connectivity index (χ0n) is 23.1. The van der Waals surface area contributed by atoms with Crippen LogP contribution in [-0.4, -0.2) is 62.0 Å². The van der Waals surface area contributed by atoms with Gasteiger partial charge in [0, 0.05) is 30.6 Å². The lowest BCUT2D eigenvalue weighted by atomic mass is 10.0. The second-order valence-corrected chi connectivity index (χ2v) is 11.4. The number of anilines is 2. The van der Waals surface area contributed by atoms with Gasteiger partial charge in [-0.05, 0) is 55.7 Å². The molecule has 2 amide bonds. The maximum absolute atomic E-state index is 15.1. The minimum absolute atomic E-state index is 0.0369. The normalized spacial score (nSPS) is 17.8. The van der Waals surface area contributed by atoms with Crippen LogP contribution in [0.15, 0.2) is 54.0 Å². The number of aromatic nitrogens is 3. The fourth-order valence-corrected chi connectivity index (χ4v) is 6.38. The van der Waals surface area contributed by atoms with Crippen LogP contribution in [0.4, 0.5) is 15.8 Å². The number of phenols is 1. The van der Waals surface area contributed by atoms with E-state index in [4.69, 9.17) is 16.6 Å². The molecule has 3 aliphatic rings. The summed E-state index contributed by atoms with van der Waals surface area (Å²) in [4.78, 5) is 53.0. The van der Waals surface area contributed by atoms with Crippen molar-refractivity contribution in [3.63, 3.8) is 0 Å². The number of nitrogens with zero attached hydrogens (tertiary/aromatic N) is 5. The van der Waals surface area contributed by atoms with Crippen molar-refractivity contribution in [3.05, 3.63) is 81.6 Å². The molecular weight excluding hydrogens is 575 g/mol. The molecule has 1 aromatic carbocycles. The largest absolute Gasteiger partial charge is 0.507 e. The number of hydrogen-bond acceptors (Lipinski definition) is 7. The first kappa shape index (κ1) is 27.1. The van der Waals surface area contributed by atoms with Gasteiger partial charge in [0.1, 0.15) is 23.3 Å². The van der Waals surface area contributed by atoms with Gasteiger partial charge in [-0.2, -0.15) is 0 Å². The van der Waals surface area contributed by atoms with E-state index < -0.39 is 23.3 Å². The second-order valence-electron chi connectivity index (χ2n) is 11.0. The molecule has 0 bridgehead atoms. The van der Waals surface area contributed by atoms with Crippen LogP contribution in [-0.2, 0) is 9.59 Å². The highest BCUT2D eigenvalue weighted by Crippen LogP contribution is 2.45. The zero-order valence-corrected chi connectivity index (χ0v) is 23.9. The van der Waals surface area contributed by atoms with Gasteiger partial charge in [0.05, 0.1) is 39.9 Å². The molecule has 2 fully saturated rings. The van der Waals surface area contributed by atoms with Crippen molar-refractivity contribution in [2.24, 2.45) is 0 Å². The summed E-state index contributed by atoms with van der Waals surface area (Å²) in [6.45, 7) is 6.07. The molecule has 12 heteroatoms. The Bertz CT molecular complexity index is 1940. The van der Waals surface area contributed by atoms with Crippen LogP contribution in [0.5, 0.6) is 5.75 Å². The van der Waals surface area contributed by atoms with E-state index in [9.17, 15) is 19.5 Å². The van der Waals surface area contributed by atoms with Crippen molar-refractivity contribution in [3.8, 4) is 22.7 Å². The van der Waals surface area contributed by atoms with Crippen molar-refractivity contribution >= 4 is 45.8 Å². The molecule has 1 atom stereocenters. The van der Waals surface area contributed by atoms with E-state index in [2.05, 4.69) is 16.9 Å². The monoisotopic (exact) mass is 600 g/mol. The molecule has 5 heterocycles. The molecule has 0 unspecified atom stereocenters. The summed E-state index contributed by atoms with van der Waals surface area (Å²) < 4.78 is 16.5. The van der Waals surface area contributed by atoms with E-state index >= 15 is 4.39 Å². The van der Waals surface area contributed by atoms with Crippen LogP contribution in [0, 0.1) is 12.7 Å². The summed E-state index contributed by atoms with van der Waals surface area (Å²) in [6, 6.07) is 6.50. The van der Waals surface area contributed by atoms with Crippen molar-refractivity contribution in [1.82, 2.24) is 19.4 Å². The number of aryl methyl sites for hydroxylation is 1. The number of pyridine rings is 3. The minimum Gasteiger partial charge on any atom is -0.507 e. The Morgan fingerprint density at radius 2 is 2.00 bits per heavy atom. The summed E-state index contributed by atoms with van der Waals surface area (Å²) in [7, 11) is 0. The smallest absolute Gasteiger partial charge is 0.282 e. The molecule has 7 rings (SSSR count). The summed E-state index contributed by atoms with van der Waals surface area (Å²) in [5.41, 5.74) is 1.92. The van der Waals surface area contributed by atoms with Gasteiger partial charge >= 0.3 is 0 Å². The highest BCUT2D eigenvalue weighted by atomic mass is 35.5. The van der Waals surface area contributed by atoms with Crippen LogP contribution in [0.1, 0.15) is 30.0 Å². The fraction of sp³-hybridized carbons (Fsp3) is 0.258. The summed E-state index contributed by atoms with van der Waals surface area (Å²) >= 11 is 6.76. The van der Waals surface area contributed by atoms with E-state index in [0.717, 1.165) is 24.1 Å². The van der Waals surface area contributed by atoms with E-state index in [1.807, 2.05) is 6.92 Å². The maximum Gasteiger partial charge on any atom is 0.282 e. The molecule has 1 saturated carbocycles. The number of phenolic OH excluding ortho intramolecular Hbond substituents is 1.